The highest BCUT2D eigenvalue weighted by molar-refractivity contribution is 9.10. The van der Waals surface area contributed by atoms with Crippen LogP contribution in [-0.4, -0.2) is 57.4 Å². The van der Waals surface area contributed by atoms with E-state index in [9.17, 15) is 9.59 Å². The van der Waals surface area contributed by atoms with Gasteiger partial charge in [0.25, 0.3) is 6.02 Å². The average Bonchev–Trinajstić information content (AvgIpc) is 3.83. The molecule has 1 atom stereocenters. The molecule has 0 spiro atoms. The lowest BCUT2D eigenvalue weighted by molar-refractivity contribution is -0.0915. The fraction of sp³-hybridized carbons (Fsp3) is 0.231. The number of carbonyl (C=O) groups excluding carboxylic acids is 2. The van der Waals surface area contributed by atoms with Gasteiger partial charge in [0.05, 0.1) is 28.9 Å². The molecule has 1 saturated carbocycles. The lowest BCUT2D eigenvalue weighted by Crippen LogP contribution is -2.39. The molecule has 12 nitrogen and oxygen atoms in total. The van der Waals surface area contributed by atoms with Crippen LogP contribution in [0.15, 0.2) is 167 Å². The Morgan fingerprint density at radius 1 is 0.754 bits per heavy atom. The Kier molecular flexibility index (Phi) is 14.4. The van der Waals surface area contributed by atoms with E-state index >= 15 is 0 Å². The van der Waals surface area contributed by atoms with Crippen molar-refractivity contribution in [3.05, 3.63) is 190 Å². The number of aliphatic imine (C=N–C) groups is 1. The van der Waals surface area contributed by atoms with Gasteiger partial charge in [-0.3, -0.25) is 0 Å². The first-order chi connectivity index (χ1) is 31.8. The minimum absolute atomic E-state index is 0.175. The molecule has 1 N–H and O–H groups in total. The fourth-order valence-electron chi connectivity index (χ4n) is 8.25. The molecule has 1 aliphatic rings. The van der Waals surface area contributed by atoms with Crippen molar-refractivity contribution in [1.29, 1.82) is 0 Å². The van der Waals surface area contributed by atoms with E-state index in [2.05, 4.69) is 87.1 Å². The number of nitrogens with zero attached hydrogens (tertiary/aromatic N) is 5. The molecular formula is C52H49BrN6O6. The molecule has 7 aromatic rings. The summed E-state index contributed by atoms with van der Waals surface area (Å²) in [4.78, 5) is 30.3. The maximum absolute atomic E-state index is 13.2. The molecule has 1 heterocycles. The number of hydrogen-bond donors (Lipinski definition) is 1. The zero-order chi connectivity index (χ0) is 45.0. The van der Waals surface area contributed by atoms with Crippen LogP contribution in [0.3, 0.4) is 0 Å². The molecule has 0 amide bonds. The van der Waals surface area contributed by atoms with Crippen LogP contribution in [0, 0.1) is 0 Å². The van der Waals surface area contributed by atoms with Gasteiger partial charge in [-0.2, -0.15) is 0 Å². The first-order valence-electron chi connectivity index (χ1n) is 21.8. The number of anilines is 1. The van der Waals surface area contributed by atoms with Gasteiger partial charge in [0.15, 0.2) is 5.82 Å². The van der Waals surface area contributed by atoms with Gasteiger partial charge in [0.1, 0.15) is 11.6 Å². The summed E-state index contributed by atoms with van der Waals surface area (Å²) in [5, 5.41) is 17.0. The van der Waals surface area contributed by atoms with E-state index in [1.165, 1.54) is 6.92 Å². The summed E-state index contributed by atoms with van der Waals surface area (Å²) in [6.45, 7) is 4.00. The van der Waals surface area contributed by atoms with Crippen LogP contribution in [0.4, 0.5) is 10.5 Å². The first-order valence-corrected chi connectivity index (χ1v) is 22.6. The highest BCUT2D eigenvalue weighted by Gasteiger charge is 2.42. The number of benzene rings is 6. The molecule has 6 aromatic carbocycles. The molecule has 0 aliphatic heterocycles. The Bertz CT molecular complexity index is 2610. The second-order valence-corrected chi connectivity index (χ2v) is 16.3. The number of halogens is 1. The zero-order valence-corrected chi connectivity index (χ0v) is 37.8. The molecule has 1 aromatic heterocycles. The Balaban J connectivity index is 1.01. The second kappa shape index (κ2) is 21.0. The first kappa shape index (κ1) is 44.5. The molecule has 1 fully saturated rings. The summed E-state index contributed by atoms with van der Waals surface area (Å²) in [6, 6.07) is 52.7. The monoisotopic (exact) mass is 932 g/mol. The molecule has 13 heteroatoms. The van der Waals surface area contributed by atoms with Gasteiger partial charge in [-0.15, -0.1) is 5.10 Å². The fourth-order valence-corrected chi connectivity index (χ4v) is 8.77. The van der Waals surface area contributed by atoms with Gasteiger partial charge < -0.3 is 24.3 Å². The Hall–Kier alpha value is -7.12. The van der Waals surface area contributed by atoms with Crippen LogP contribution in [0.2, 0.25) is 0 Å². The number of nitrogens with one attached hydrogen (secondary N) is 1. The van der Waals surface area contributed by atoms with Crippen molar-refractivity contribution in [2.24, 2.45) is 4.99 Å². The van der Waals surface area contributed by atoms with Crippen molar-refractivity contribution in [3.63, 3.8) is 0 Å². The molecule has 0 radical (unpaired) electrons. The average molecular weight is 934 g/mol. The molecular weight excluding hydrogens is 885 g/mol. The number of hydrogen-bond acceptors (Lipinski definition) is 10. The standard InChI is InChI=1S/C52H49BrN6O6/c1-3-62-50(55-46-30-18-29-45(47(46)53)49(60)63-36(2)64-51(61)65-42-25-14-7-15-26-42)54-35-37-31-33-38(34-32-37)43-27-16-17-28-44(43)48-56-57-58-59(48)52(39-19-8-4-9-20-39,40-21-10-5-11-22-40)41-23-12-6-13-24-41/h4-6,8-13,16-24,27-34,36,42H,3,7,14-15,25-26,35H2,1-2H3,(H,54,55). The van der Waals surface area contributed by atoms with Gasteiger partial charge in [-0.1, -0.05) is 152 Å². The topological polar surface area (TPSA) is 139 Å². The number of aromatic nitrogens is 4. The normalized spacial score (nSPS) is 13.7. The second-order valence-electron chi connectivity index (χ2n) is 15.5. The molecule has 330 valence electrons. The van der Waals surface area contributed by atoms with E-state index in [1.54, 1.807) is 18.2 Å². The molecule has 8 rings (SSSR count). The van der Waals surface area contributed by atoms with Crippen molar-refractivity contribution in [3.8, 4) is 22.5 Å². The third kappa shape index (κ3) is 10.2. The predicted octanol–water partition coefficient (Wildman–Crippen LogP) is 11.6. The van der Waals surface area contributed by atoms with Crippen molar-refractivity contribution < 1.29 is 28.5 Å². The highest BCUT2D eigenvalue weighted by Crippen LogP contribution is 2.43. The van der Waals surface area contributed by atoms with Crippen molar-refractivity contribution in [1.82, 2.24) is 20.2 Å². The van der Waals surface area contributed by atoms with Gasteiger partial charge in [-0.25, -0.2) is 19.3 Å². The summed E-state index contributed by atoms with van der Waals surface area (Å²) in [5.74, 6) is -0.0753. The third-order valence-electron chi connectivity index (χ3n) is 11.3. The maximum atomic E-state index is 13.2. The van der Waals surface area contributed by atoms with Crippen molar-refractivity contribution in [2.75, 3.05) is 11.9 Å². The zero-order valence-electron chi connectivity index (χ0n) is 36.2. The van der Waals surface area contributed by atoms with Crippen LogP contribution in [0.5, 0.6) is 0 Å². The predicted molar refractivity (Wildman–Crippen MR) is 253 cm³/mol. The van der Waals surface area contributed by atoms with E-state index in [-0.39, 0.29) is 17.7 Å². The summed E-state index contributed by atoms with van der Waals surface area (Å²) >= 11 is 3.54. The molecule has 0 bridgehead atoms. The number of esters is 1. The van der Waals surface area contributed by atoms with Crippen LogP contribution >= 0.6 is 15.9 Å². The van der Waals surface area contributed by atoms with Crippen LogP contribution in [0.1, 0.15) is 78.6 Å². The number of amidine groups is 1. The lowest BCUT2D eigenvalue weighted by Gasteiger charge is -2.36. The number of carbonyl (C=O) groups is 2. The van der Waals surface area contributed by atoms with Gasteiger partial charge in [0.2, 0.25) is 6.29 Å². The van der Waals surface area contributed by atoms with E-state index in [0.29, 0.717) is 29.1 Å². The lowest BCUT2D eigenvalue weighted by atomic mass is 9.77. The van der Waals surface area contributed by atoms with Crippen molar-refractivity contribution >= 4 is 39.8 Å². The van der Waals surface area contributed by atoms with E-state index in [1.807, 2.05) is 90.5 Å². The number of rotatable bonds is 14. The van der Waals surface area contributed by atoms with Crippen LogP contribution in [-0.2, 0) is 31.0 Å². The van der Waals surface area contributed by atoms with Gasteiger partial charge >= 0.3 is 12.1 Å². The van der Waals surface area contributed by atoms with Gasteiger partial charge in [-0.05, 0) is 104 Å². The van der Waals surface area contributed by atoms with E-state index in [4.69, 9.17) is 34.3 Å². The van der Waals surface area contributed by atoms with E-state index < -0.39 is 24.0 Å². The molecule has 65 heavy (non-hydrogen) atoms. The smallest absolute Gasteiger partial charge is 0.465 e. The SMILES string of the molecule is CCOC(=NCc1ccc(-c2ccccc2-c2nnnn2C(c2ccccc2)(c2ccccc2)c2ccccc2)cc1)Nc1cccc(C(=O)OC(C)OC(=O)OC2CCCCC2)c1Br. The summed E-state index contributed by atoms with van der Waals surface area (Å²) in [5.41, 5.74) is 6.64. The quantitative estimate of drug-likeness (QED) is 0.0368. The number of tetrazole rings is 1. The minimum atomic E-state index is -1.15. The summed E-state index contributed by atoms with van der Waals surface area (Å²) in [7, 11) is 0. The van der Waals surface area contributed by atoms with Gasteiger partial charge in [0, 0.05) is 12.5 Å². The Labute approximate surface area is 386 Å². The van der Waals surface area contributed by atoms with Crippen molar-refractivity contribution in [2.45, 2.75) is 70.4 Å². The summed E-state index contributed by atoms with van der Waals surface area (Å²) < 4.78 is 24.3. The molecule has 1 unspecified atom stereocenters. The summed E-state index contributed by atoms with van der Waals surface area (Å²) in [6.07, 6.45) is 2.57. The van der Waals surface area contributed by atoms with Crippen LogP contribution < -0.4 is 5.32 Å². The molecule has 0 saturated heterocycles. The number of ether oxygens (including phenoxy) is 4. The largest absolute Gasteiger partial charge is 0.511 e. The Morgan fingerprint density at radius 3 is 1.97 bits per heavy atom. The van der Waals surface area contributed by atoms with Crippen LogP contribution in [0.25, 0.3) is 22.5 Å². The minimum Gasteiger partial charge on any atom is -0.465 e. The highest BCUT2D eigenvalue weighted by atomic mass is 79.9. The molecule has 1 aliphatic carbocycles. The third-order valence-corrected chi connectivity index (χ3v) is 12.1. The maximum Gasteiger partial charge on any atom is 0.511 e. The van der Waals surface area contributed by atoms with E-state index in [0.717, 1.165) is 71.0 Å². The Morgan fingerprint density at radius 2 is 1.35 bits per heavy atom.